The zero-order valence-corrected chi connectivity index (χ0v) is 13.1. The zero-order valence-electron chi connectivity index (χ0n) is 13.1. The number of rotatable bonds is 6. The molecule has 0 aliphatic carbocycles. The van der Waals surface area contributed by atoms with Gasteiger partial charge in [-0.3, -0.25) is 9.59 Å². The van der Waals surface area contributed by atoms with Crippen molar-refractivity contribution in [2.45, 2.75) is 25.9 Å². The topological polar surface area (TPSA) is 97.4 Å². The van der Waals surface area contributed by atoms with Crippen molar-refractivity contribution in [2.75, 3.05) is 0 Å². The average molecular weight is 327 g/mol. The highest BCUT2D eigenvalue weighted by atomic mass is 16.5. The second-order valence-corrected chi connectivity index (χ2v) is 5.39. The van der Waals surface area contributed by atoms with Crippen molar-refractivity contribution in [2.24, 2.45) is 0 Å². The molecule has 0 saturated heterocycles. The van der Waals surface area contributed by atoms with Gasteiger partial charge in [-0.25, -0.2) is 0 Å². The Morgan fingerprint density at radius 3 is 2.83 bits per heavy atom. The second-order valence-electron chi connectivity index (χ2n) is 5.39. The molecule has 3 aromatic rings. The summed E-state index contributed by atoms with van der Waals surface area (Å²) in [5.74, 6) is 0.0652. The summed E-state index contributed by atoms with van der Waals surface area (Å²) in [6.07, 6.45) is 1.59. The highest BCUT2D eigenvalue weighted by Crippen LogP contribution is 2.17. The molecule has 0 aliphatic rings. The van der Waals surface area contributed by atoms with Crippen molar-refractivity contribution >= 4 is 22.8 Å². The molecule has 1 atom stereocenters. The Bertz CT molecular complexity index is 839. The van der Waals surface area contributed by atoms with Crippen LogP contribution in [0.25, 0.3) is 11.0 Å². The Morgan fingerprint density at radius 2 is 2.04 bits per heavy atom. The van der Waals surface area contributed by atoms with Crippen LogP contribution in [0.5, 0.6) is 0 Å². The van der Waals surface area contributed by atoms with Crippen LogP contribution in [0.15, 0.2) is 51.6 Å². The first-order chi connectivity index (χ1) is 11.6. The van der Waals surface area contributed by atoms with Gasteiger partial charge in [-0.05, 0) is 31.2 Å². The fourth-order valence-corrected chi connectivity index (χ4v) is 2.32. The number of carbonyl (C=O) groups is 2. The summed E-state index contributed by atoms with van der Waals surface area (Å²) in [6, 6.07) is 10.2. The Labute approximate surface area is 138 Å². The first-order valence-electron chi connectivity index (χ1n) is 7.56. The molecule has 1 aromatic carbocycles. The molecule has 2 N–H and O–H groups in total. The number of benzene rings is 1. The van der Waals surface area contributed by atoms with E-state index in [1.165, 1.54) is 6.26 Å². The molecular formula is C17H17N3O4. The molecule has 0 unspecified atom stereocenters. The smallest absolute Gasteiger partial charge is 0.242 e. The molecule has 2 amide bonds. The van der Waals surface area contributed by atoms with E-state index in [0.717, 1.165) is 5.39 Å². The Morgan fingerprint density at radius 1 is 1.21 bits per heavy atom. The number of nitrogens with one attached hydrogen (secondary N) is 2. The number of nitrogens with zero attached hydrogens (tertiary/aromatic N) is 1. The van der Waals surface area contributed by atoms with Crippen LogP contribution in [-0.4, -0.2) is 23.0 Å². The SMILES string of the molecule is C[C@H](NC(=O)Cc1noc2ccccc12)C(=O)NCc1ccco1. The first-order valence-corrected chi connectivity index (χ1v) is 7.56. The highest BCUT2D eigenvalue weighted by Gasteiger charge is 2.18. The number of furan rings is 1. The molecule has 0 aliphatic heterocycles. The maximum atomic E-state index is 12.1. The number of hydrogen-bond donors (Lipinski definition) is 2. The van der Waals surface area contributed by atoms with Crippen molar-refractivity contribution < 1.29 is 18.5 Å². The average Bonchev–Trinajstić information content (AvgIpc) is 3.23. The van der Waals surface area contributed by atoms with Crippen LogP contribution in [0.3, 0.4) is 0 Å². The summed E-state index contributed by atoms with van der Waals surface area (Å²) >= 11 is 0. The number of para-hydroxylation sites is 1. The van der Waals surface area contributed by atoms with E-state index < -0.39 is 6.04 Å². The van der Waals surface area contributed by atoms with Gasteiger partial charge in [0.1, 0.15) is 17.5 Å². The fourth-order valence-electron chi connectivity index (χ4n) is 2.32. The van der Waals surface area contributed by atoms with E-state index in [1.807, 2.05) is 18.2 Å². The third-order valence-corrected chi connectivity index (χ3v) is 3.57. The number of amides is 2. The van der Waals surface area contributed by atoms with E-state index in [1.54, 1.807) is 25.1 Å². The molecule has 0 fully saturated rings. The van der Waals surface area contributed by atoms with Gasteiger partial charge >= 0.3 is 0 Å². The minimum absolute atomic E-state index is 0.0484. The van der Waals surface area contributed by atoms with Crippen molar-refractivity contribution in [3.63, 3.8) is 0 Å². The highest BCUT2D eigenvalue weighted by molar-refractivity contribution is 5.90. The van der Waals surface area contributed by atoms with E-state index in [-0.39, 0.29) is 24.8 Å². The van der Waals surface area contributed by atoms with Crippen LogP contribution >= 0.6 is 0 Å². The van der Waals surface area contributed by atoms with Gasteiger partial charge in [-0.2, -0.15) is 0 Å². The van der Waals surface area contributed by atoms with Crippen LogP contribution in [0.2, 0.25) is 0 Å². The molecule has 124 valence electrons. The third-order valence-electron chi connectivity index (χ3n) is 3.57. The number of hydrogen-bond acceptors (Lipinski definition) is 5. The molecule has 2 aromatic heterocycles. The van der Waals surface area contributed by atoms with Gasteiger partial charge in [0, 0.05) is 5.39 Å². The van der Waals surface area contributed by atoms with Gasteiger partial charge in [-0.1, -0.05) is 17.3 Å². The Hall–Kier alpha value is -3.09. The van der Waals surface area contributed by atoms with Gasteiger partial charge < -0.3 is 19.6 Å². The largest absolute Gasteiger partial charge is 0.467 e. The Balaban J connectivity index is 1.53. The van der Waals surface area contributed by atoms with Crippen LogP contribution in [0.1, 0.15) is 18.4 Å². The molecule has 0 radical (unpaired) electrons. The van der Waals surface area contributed by atoms with E-state index >= 15 is 0 Å². The molecule has 0 bridgehead atoms. The monoisotopic (exact) mass is 327 g/mol. The predicted octanol–water partition coefficient (Wildman–Crippen LogP) is 1.78. The van der Waals surface area contributed by atoms with E-state index in [0.29, 0.717) is 17.0 Å². The standard InChI is InChI=1S/C17H17N3O4/c1-11(17(22)18-10-12-5-4-8-23-12)19-16(21)9-14-13-6-2-3-7-15(13)24-20-14/h2-8,11H,9-10H2,1H3,(H,18,22)(H,19,21)/t11-/m0/s1. The van der Waals surface area contributed by atoms with Gasteiger partial charge in [-0.15, -0.1) is 0 Å². The Kier molecular flexibility index (Phi) is 4.60. The number of aromatic nitrogens is 1. The minimum atomic E-state index is -0.661. The maximum Gasteiger partial charge on any atom is 0.242 e. The molecule has 2 heterocycles. The zero-order chi connectivity index (χ0) is 16.9. The minimum Gasteiger partial charge on any atom is -0.467 e. The fraction of sp³-hybridized carbons (Fsp3) is 0.235. The van der Waals surface area contributed by atoms with Crippen LogP contribution in [0.4, 0.5) is 0 Å². The lowest BCUT2D eigenvalue weighted by Crippen LogP contribution is -2.45. The molecule has 0 saturated carbocycles. The molecule has 7 nitrogen and oxygen atoms in total. The van der Waals surface area contributed by atoms with Crippen LogP contribution in [0, 0.1) is 0 Å². The molecule has 7 heteroatoms. The van der Waals surface area contributed by atoms with Crippen LogP contribution in [-0.2, 0) is 22.6 Å². The molecule has 0 spiro atoms. The summed E-state index contributed by atoms with van der Waals surface area (Å²) < 4.78 is 10.3. The van der Waals surface area contributed by atoms with Gasteiger partial charge in [0.2, 0.25) is 11.8 Å². The maximum absolute atomic E-state index is 12.1. The molecule has 24 heavy (non-hydrogen) atoms. The van der Waals surface area contributed by atoms with Crippen molar-refractivity contribution in [1.29, 1.82) is 0 Å². The number of fused-ring (bicyclic) bond motifs is 1. The summed E-state index contributed by atoms with van der Waals surface area (Å²) in [6.45, 7) is 1.90. The predicted molar refractivity (Wildman–Crippen MR) is 85.9 cm³/mol. The second kappa shape index (κ2) is 6.99. The summed E-state index contributed by atoms with van der Waals surface area (Å²) in [5.41, 5.74) is 1.18. The quantitative estimate of drug-likeness (QED) is 0.719. The number of carbonyl (C=O) groups excluding carboxylic acids is 2. The van der Waals surface area contributed by atoms with Gasteiger partial charge in [0.25, 0.3) is 0 Å². The lowest BCUT2D eigenvalue weighted by Gasteiger charge is -2.13. The van der Waals surface area contributed by atoms with Gasteiger partial charge in [0.05, 0.1) is 19.2 Å². The van der Waals surface area contributed by atoms with Crippen molar-refractivity contribution in [3.8, 4) is 0 Å². The van der Waals surface area contributed by atoms with E-state index in [2.05, 4.69) is 15.8 Å². The summed E-state index contributed by atoms with van der Waals surface area (Å²) in [7, 11) is 0. The van der Waals surface area contributed by atoms with E-state index in [4.69, 9.17) is 8.94 Å². The van der Waals surface area contributed by atoms with Crippen molar-refractivity contribution in [1.82, 2.24) is 15.8 Å². The normalized spacial score (nSPS) is 12.0. The van der Waals surface area contributed by atoms with Crippen LogP contribution < -0.4 is 10.6 Å². The summed E-state index contributed by atoms with van der Waals surface area (Å²) in [4.78, 5) is 24.1. The van der Waals surface area contributed by atoms with Gasteiger partial charge in [0.15, 0.2) is 5.58 Å². The summed E-state index contributed by atoms with van der Waals surface area (Å²) in [5, 5.41) is 10.0. The lowest BCUT2D eigenvalue weighted by atomic mass is 10.1. The third kappa shape index (κ3) is 3.62. The first kappa shape index (κ1) is 15.8. The molecule has 3 rings (SSSR count). The van der Waals surface area contributed by atoms with E-state index in [9.17, 15) is 9.59 Å². The van der Waals surface area contributed by atoms with Crippen molar-refractivity contribution in [3.05, 3.63) is 54.1 Å². The molecular weight excluding hydrogens is 310 g/mol. The lowest BCUT2D eigenvalue weighted by molar-refractivity contribution is -0.128.